The van der Waals surface area contributed by atoms with E-state index in [1.54, 1.807) is 0 Å². The first-order chi connectivity index (χ1) is 6.42. The summed E-state index contributed by atoms with van der Waals surface area (Å²) >= 11 is 0. The Bertz CT molecular complexity index is 187. The Hall–Kier alpha value is -0.330. The van der Waals surface area contributed by atoms with E-state index < -0.39 is 17.9 Å². The smallest absolute Gasteiger partial charge is 0.381 e. The van der Waals surface area contributed by atoms with E-state index in [0.717, 1.165) is 0 Å². The van der Waals surface area contributed by atoms with Gasteiger partial charge in [0, 0.05) is 33.2 Å². The largest absolute Gasteiger partial charge is 0.417 e. The first kappa shape index (κ1) is 11.7. The summed E-state index contributed by atoms with van der Waals surface area (Å²) < 4.78 is 46.6. The monoisotopic (exact) mass is 214 g/mol. The van der Waals surface area contributed by atoms with Crippen LogP contribution in [0.15, 0.2) is 0 Å². The van der Waals surface area contributed by atoms with Crippen molar-refractivity contribution >= 4 is 0 Å². The van der Waals surface area contributed by atoms with Crippen molar-refractivity contribution in [1.29, 1.82) is 0 Å². The summed E-state index contributed by atoms with van der Waals surface area (Å²) in [5.74, 6) is 0. The minimum absolute atomic E-state index is 0.0597. The number of aliphatic hydroxyl groups excluding tert-OH is 1. The van der Waals surface area contributed by atoms with Crippen LogP contribution in [0.4, 0.5) is 13.2 Å². The van der Waals surface area contributed by atoms with Crippen LogP contribution in [-0.4, -0.2) is 43.3 Å². The lowest BCUT2D eigenvalue weighted by molar-refractivity contribution is -0.275. The van der Waals surface area contributed by atoms with Crippen LogP contribution in [0.1, 0.15) is 12.8 Å². The minimum atomic E-state index is -4.65. The van der Waals surface area contributed by atoms with Crippen molar-refractivity contribution in [2.45, 2.75) is 30.7 Å². The number of ether oxygens (including phenoxy) is 2. The number of alkyl halides is 3. The van der Waals surface area contributed by atoms with Crippen molar-refractivity contribution in [2.75, 3.05) is 20.3 Å². The summed E-state index contributed by atoms with van der Waals surface area (Å²) in [6.07, 6.45) is -6.97. The van der Waals surface area contributed by atoms with Crippen LogP contribution in [0.5, 0.6) is 0 Å². The molecular formula is C8H13F3O3. The molecule has 0 bridgehead atoms. The van der Waals surface area contributed by atoms with Crippen LogP contribution in [0.3, 0.4) is 0 Å². The van der Waals surface area contributed by atoms with Gasteiger partial charge in [0.1, 0.15) is 5.60 Å². The summed E-state index contributed by atoms with van der Waals surface area (Å²) in [5.41, 5.74) is -1.53. The molecule has 1 aliphatic rings. The van der Waals surface area contributed by atoms with Gasteiger partial charge in [0.15, 0.2) is 6.10 Å². The second-order valence-corrected chi connectivity index (χ2v) is 3.33. The Kier molecular flexibility index (Phi) is 3.39. The molecule has 0 saturated carbocycles. The van der Waals surface area contributed by atoms with Gasteiger partial charge in [-0.1, -0.05) is 0 Å². The van der Waals surface area contributed by atoms with Gasteiger partial charge >= 0.3 is 6.18 Å². The van der Waals surface area contributed by atoms with Gasteiger partial charge in [0.25, 0.3) is 0 Å². The molecule has 3 nitrogen and oxygen atoms in total. The summed E-state index contributed by atoms with van der Waals surface area (Å²) in [6, 6.07) is 0. The molecule has 14 heavy (non-hydrogen) atoms. The maximum atomic E-state index is 12.3. The number of methoxy groups -OCH3 is 1. The number of halogens is 3. The third-order valence-electron chi connectivity index (χ3n) is 2.55. The highest BCUT2D eigenvalue weighted by atomic mass is 19.4. The molecule has 84 valence electrons. The van der Waals surface area contributed by atoms with E-state index in [0.29, 0.717) is 0 Å². The van der Waals surface area contributed by atoms with Gasteiger partial charge in [0.05, 0.1) is 0 Å². The zero-order valence-electron chi connectivity index (χ0n) is 7.80. The summed E-state index contributed by atoms with van der Waals surface area (Å²) in [5, 5.41) is 9.16. The molecule has 0 aromatic rings. The second kappa shape index (κ2) is 4.04. The van der Waals surface area contributed by atoms with Crippen LogP contribution in [0.2, 0.25) is 0 Å². The zero-order chi connectivity index (χ0) is 10.8. The average Bonchev–Trinajstić information content (AvgIpc) is 2.16. The molecule has 1 aliphatic heterocycles. The van der Waals surface area contributed by atoms with Crippen LogP contribution in [0, 0.1) is 0 Å². The molecule has 1 unspecified atom stereocenters. The maximum Gasteiger partial charge on any atom is 0.417 e. The predicted octanol–water partition coefficient (Wildman–Crippen LogP) is 1.11. The molecule has 0 aromatic carbocycles. The van der Waals surface area contributed by atoms with E-state index >= 15 is 0 Å². The topological polar surface area (TPSA) is 38.7 Å². The highest BCUT2D eigenvalue weighted by molar-refractivity contribution is 4.93. The second-order valence-electron chi connectivity index (χ2n) is 3.33. The number of hydrogen-bond acceptors (Lipinski definition) is 3. The fourth-order valence-corrected chi connectivity index (χ4v) is 1.60. The molecule has 1 N–H and O–H groups in total. The Morgan fingerprint density at radius 3 is 2.21 bits per heavy atom. The van der Waals surface area contributed by atoms with Gasteiger partial charge in [0.2, 0.25) is 0 Å². The van der Waals surface area contributed by atoms with E-state index in [4.69, 9.17) is 14.6 Å². The molecule has 0 spiro atoms. The van der Waals surface area contributed by atoms with Crippen LogP contribution >= 0.6 is 0 Å². The van der Waals surface area contributed by atoms with E-state index in [2.05, 4.69) is 0 Å². The lowest BCUT2D eigenvalue weighted by Crippen LogP contribution is -2.54. The fraction of sp³-hybridized carbons (Fsp3) is 1.00. The third kappa shape index (κ3) is 2.18. The Labute approximate surface area is 79.8 Å². The number of hydrogen-bond donors (Lipinski definition) is 1. The van der Waals surface area contributed by atoms with Crippen molar-refractivity contribution in [3.05, 3.63) is 0 Å². The zero-order valence-corrected chi connectivity index (χ0v) is 7.80. The molecule has 0 aromatic heterocycles. The van der Waals surface area contributed by atoms with Gasteiger partial charge < -0.3 is 14.6 Å². The van der Waals surface area contributed by atoms with E-state index in [1.165, 1.54) is 7.11 Å². The lowest BCUT2D eigenvalue weighted by Gasteiger charge is -2.40. The van der Waals surface area contributed by atoms with Crippen molar-refractivity contribution < 1.29 is 27.8 Å². The van der Waals surface area contributed by atoms with Gasteiger partial charge in [-0.3, -0.25) is 0 Å². The van der Waals surface area contributed by atoms with Crippen molar-refractivity contribution in [3.8, 4) is 0 Å². The fourth-order valence-electron chi connectivity index (χ4n) is 1.60. The van der Waals surface area contributed by atoms with Crippen molar-refractivity contribution in [1.82, 2.24) is 0 Å². The number of aliphatic hydroxyl groups is 1. The van der Waals surface area contributed by atoms with Crippen molar-refractivity contribution in [3.63, 3.8) is 0 Å². The molecule has 0 radical (unpaired) electrons. The first-order valence-electron chi connectivity index (χ1n) is 4.30. The van der Waals surface area contributed by atoms with Crippen LogP contribution < -0.4 is 0 Å². The Morgan fingerprint density at radius 2 is 1.86 bits per heavy atom. The molecule has 1 atom stereocenters. The number of rotatable bonds is 2. The molecule has 1 heterocycles. The lowest BCUT2D eigenvalue weighted by atomic mass is 9.87. The van der Waals surface area contributed by atoms with E-state index in [9.17, 15) is 13.2 Å². The molecule has 1 saturated heterocycles. The summed E-state index contributed by atoms with van der Waals surface area (Å²) in [6.45, 7) is 0.363. The van der Waals surface area contributed by atoms with Crippen LogP contribution in [0.25, 0.3) is 0 Å². The van der Waals surface area contributed by atoms with Gasteiger partial charge in [-0.2, -0.15) is 13.2 Å². The molecule has 6 heteroatoms. The SMILES string of the molecule is COC1(C(O)C(F)(F)F)CCOCC1. The third-order valence-corrected chi connectivity index (χ3v) is 2.55. The summed E-state index contributed by atoms with van der Waals surface area (Å²) in [7, 11) is 1.18. The Balaban J connectivity index is 2.77. The predicted molar refractivity (Wildman–Crippen MR) is 41.9 cm³/mol. The summed E-state index contributed by atoms with van der Waals surface area (Å²) in [4.78, 5) is 0. The van der Waals surface area contributed by atoms with Crippen LogP contribution in [-0.2, 0) is 9.47 Å². The van der Waals surface area contributed by atoms with Gasteiger partial charge in [-0.05, 0) is 0 Å². The average molecular weight is 214 g/mol. The standard InChI is InChI=1S/C8H13F3O3/c1-13-7(2-4-14-5-3-7)6(12)8(9,10)11/h6,12H,2-5H2,1H3. The first-order valence-corrected chi connectivity index (χ1v) is 4.30. The molecule has 1 fully saturated rings. The highest BCUT2D eigenvalue weighted by Crippen LogP contribution is 2.36. The molecule has 1 rings (SSSR count). The molecule has 0 aliphatic carbocycles. The highest BCUT2D eigenvalue weighted by Gasteiger charge is 2.53. The Morgan fingerprint density at radius 1 is 1.36 bits per heavy atom. The van der Waals surface area contributed by atoms with Gasteiger partial charge in [-0.15, -0.1) is 0 Å². The molecule has 0 amide bonds. The van der Waals surface area contributed by atoms with E-state index in [1.807, 2.05) is 0 Å². The molecular weight excluding hydrogens is 201 g/mol. The minimum Gasteiger partial charge on any atom is -0.381 e. The van der Waals surface area contributed by atoms with E-state index in [-0.39, 0.29) is 26.1 Å². The van der Waals surface area contributed by atoms with Gasteiger partial charge in [-0.25, -0.2) is 0 Å². The normalized spacial score (nSPS) is 24.6. The van der Waals surface area contributed by atoms with Crippen molar-refractivity contribution in [2.24, 2.45) is 0 Å². The maximum absolute atomic E-state index is 12.3. The quantitative estimate of drug-likeness (QED) is 0.748.